The zero-order chi connectivity index (χ0) is 24.5. The highest BCUT2D eigenvalue weighted by Gasteiger charge is 2.21. The molecular weight excluding hydrogens is 454 g/mol. The molecule has 0 saturated carbocycles. The van der Waals surface area contributed by atoms with Gasteiger partial charge >= 0.3 is 5.69 Å². The van der Waals surface area contributed by atoms with E-state index in [1.807, 2.05) is 30.3 Å². The van der Waals surface area contributed by atoms with Crippen LogP contribution < -0.4 is 16.0 Å². The summed E-state index contributed by atoms with van der Waals surface area (Å²) in [6, 6.07) is 19.3. The van der Waals surface area contributed by atoms with E-state index < -0.39 is 22.9 Å². The van der Waals surface area contributed by atoms with E-state index >= 15 is 0 Å². The number of rotatable bonds is 6. The van der Waals surface area contributed by atoms with Crippen LogP contribution in [0.3, 0.4) is 0 Å². The van der Waals surface area contributed by atoms with Gasteiger partial charge in [-0.2, -0.15) is 0 Å². The van der Waals surface area contributed by atoms with Gasteiger partial charge in [-0.05, 0) is 23.8 Å². The molecule has 0 aliphatic rings. The van der Waals surface area contributed by atoms with Crippen molar-refractivity contribution < 1.29 is 13.5 Å². The summed E-state index contributed by atoms with van der Waals surface area (Å²) in [7, 11) is 1.48. The molecule has 176 valence electrons. The number of hydrogen-bond donors (Lipinski definition) is 0. The number of para-hydroxylation sites is 2. The van der Waals surface area contributed by atoms with E-state index in [9.17, 15) is 18.4 Å². The molecule has 0 spiro atoms. The summed E-state index contributed by atoms with van der Waals surface area (Å²) in [4.78, 5) is 31.6. The highest BCUT2D eigenvalue weighted by atomic mass is 19.1. The molecule has 0 fully saturated rings. The van der Waals surface area contributed by atoms with Gasteiger partial charge in [0, 0.05) is 11.6 Å². The maximum absolute atomic E-state index is 14.4. The summed E-state index contributed by atoms with van der Waals surface area (Å²) in [6.07, 6.45) is 1.37. The molecule has 0 unspecified atom stereocenters. The molecule has 0 radical (unpaired) electrons. The lowest BCUT2D eigenvalue weighted by molar-refractivity contribution is 0.412. The van der Waals surface area contributed by atoms with Gasteiger partial charge < -0.3 is 9.30 Å². The van der Waals surface area contributed by atoms with Gasteiger partial charge in [0.2, 0.25) is 0 Å². The first kappa shape index (κ1) is 22.3. The van der Waals surface area contributed by atoms with Gasteiger partial charge in [0.25, 0.3) is 5.56 Å². The van der Waals surface area contributed by atoms with Crippen LogP contribution in [0.5, 0.6) is 5.75 Å². The summed E-state index contributed by atoms with van der Waals surface area (Å²) in [5, 5.41) is 0. The van der Waals surface area contributed by atoms with Crippen LogP contribution in [0.25, 0.3) is 16.9 Å². The number of halogens is 2. The first-order valence-electron chi connectivity index (χ1n) is 10.8. The Labute approximate surface area is 198 Å². The standard InChI is InChI=1S/C26H20F2N4O3/c1-35-22-10-6-5-9-21(22)32-24-23(25(33)31(26(32)34)14-17-7-3-2-4-8-17)30(16-29-24)15-18-11-12-19(27)13-20(18)28/h2-13,16H,14-15H2,1H3. The summed E-state index contributed by atoms with van der Waals surface area (Å²) in [6.45, 7) is -0.0486. The molecule has 0 saturated heterocycles. The Morgan fingerprint density at radius 2 is 1.66 bits per heavy atom. The predicted octanol–water partition coefficient (Wildman–Crippen LogP) is 3.73. The molecule has 0 aliphatic carbocycles. The van der Waals surface area contributed by atoms with Crippen molar-refractivity contribution in [1.82, 2.24) is 18.7 Å². The number of imidazole rings is 1. The second-order valence-corrected chi connectivity index (χ2v) is 7.95. The second kappa shape index (κ2) is 9.02. The van der Waals surface area contributed by atoms with Crippen molar-refractivity contribution in [3.8, 4) is 11.4 Å². The van der Waals surface area contributed by atoms with E-state index in [-0.39, 0.29) is 29.8 Å². The Morgan fingerprint density at radius 1 is 0.914 bits per heavy atom. The monoisotopic (exact) mass is 474 g/mol. The van der Waals surface area contributed by atoms with Crippen LogP contribution in [0, 0.1) is 11.6 Å². The van der Waals surface area contributed by atoms with Crippen LogP contribution in [0.1, 0.15) is 11.1 Å². The van der Waals surface area contributed by atoms with Crippen LogP contribution >= 0.6 is 0 Å². The topological polar surface area (TPSA) is 71.1 Å². The lowest BCUT2D eigenvalue weighted by Crippen LogP contribution is -2.40. The van der Waals surface area contributed by atoms with Crippen LogP contribution in [0.15, 0.2) is 88.7 Å². The molecule has 2 heterocycles. The third-order valence-electron chi connectivity index (χ3n) is 5.77. The second-order valence-electron chi connectivity index (χ2n) is 7.95. The van der Waals surface area contributed by atoms with Crippen molar-refractivity contribution in [3.63, 3.8) is 0 Å². The van der Waals surface area contributed by atoms with E-state index in [0.29, 0.717) is 11.4 Å². The third kappa shape index (κ3) is 4.01. The molecule has 3 aromatic carbocycles. The Kier molecular flexibility index (Phi) is 5.74. The Morgan fingerprint density at radius 3 is 2.40 bits per heavy atom. The minimum atomic E-state index is -0.741. The van der Waals surface area contributed by atoms with E-state index in [0.717, 1.165) is 22.3 Å². The summed E-state index contributed by atoms with van der Waals surface area (Å²) < 4.78 is 37.1. The average molecular weight is 474 g/mol. The Hall–Kier alpha value is -4.53. The molecule has 0 atom stereocenters. The van der Waals surface area contributed by atoms with Gasteiger partial charge in [0.15, 0.2) is 11.2 Å². The van der Waals surface area contributed by atoms with Gasteiger partial charge in [0.05, 0.1) is 32.2 Å². The zero-order valence-corrected chi connectivity index (χ0v) is 18.7. The van der Waals surface area contributed by atoms with Gasteiger partial charge in [-0.25, -0.2) is 23.1 Å². The smallest absolute Gasteiger partial charge is 0.337 e. The van der Waals surface area contributed by atoms with E-state index in [2.05, 4.69) is 4.98 Å². The Balaban J connectivity index is 1.78. The number of fused-ring (bicyclic) bond motifs is 1. The van der Waals surface area contributed by atoms with Gasteiger partial charge in [-0.3, -0.25) is 9.36 Å². The lowest BCUT2D eigenvalue weighted by Gasteiger charge is -2.15. The number of benzene rings is 3. The van der Waals surface area contributed by atoms with Gasteiger partial charge in [-0.15, -0.1) is 0 Å². The maximum atomic E-state index is 14.4. The fourth-order valence-electron chi connectivity index (χ4n) is 4.07. The first-order chi connectivity index (χ1) is 17.0. The fourth-order valence-corrected chi connectivity index (χ4v) is 4.07. The predicted molar refractivity (Wildman–Crippen MR) is 127 cm³/mol. The highest BCUT2D eigenvalue weighted by molar-refractivity contribution is 5.73. The summed E-state index contributed by atoms with van der Waals surface area (Å²) in [5.74, 6) is -1.02. The number of aromatic nitrogens is 4. The van der Waals surface area contributed by atoms with Crippen LogP contribution in [0.4, 0.5) is 8.78 Å². The molecular formula is C26H20F2N4O3. The van der Waals surface area contributed by atoms with Crippen molar-refractivity contribution in [2.24, 2.45) is 0 Å². The molecule has 2 aromatic heterocycles. The number of ether oxygens (including phenoxy) is 1. The maximum Gasteiger partial charge on any atom is 0.337 e. The molecule has 0 aliphatic heterocycles. The number of methoxy groups -OCH3 is 1. The number of hydrogen-bond acceptors (Lipinski definition) is 4. The largest absolute Gasteiger partial charge is 0.495 e. The van der Waals surface area contributed by atoms with Gasteiger partial charge in [-0.1, -0.05) is 48.5 Å². The average Bonchev–Trinajstić information content (AvgIpc) is 3.28. The van der Waals surface area contributed by atoms with Crippen LogP contribution in [-0.4, -0.2) is 25.8 Å². The number of nitrogens with zero attached hydrogens (tertiary/aromatic N) is 4. The molecule has 5 aromatic rings. The van der Waals surface area contributed by atoms with Crippen molar-refractivity contribution in [2.75, 3.05) is 7.11 Å². The van der Waals surface area contributed by atoms with E-state index in [4.69, 9.17) is 4.74 Å². The van der Waals surface area contributed by atoms with Crippen molar-refractivity contribution in [2.45, 2.75) is 13.1 Å². The van der Waals surface area contributed by atoms with Gasteiger partial charge in [0.1, 0.15) is 17.4 Å². The summed E-state index contributed by atoms with van der Waals surface area (Å²) in [5.41, 5.74) is 0.397. The highest BCUT2D eigenvalue weighted by Crippen LogP contribution is 2.24. The molecule has 7 nitrogen and oxygen atoms in total. The SMILES string of the molecule is COc1ccccc1-n1c(=O)n(Cc2ccccc2)c(=O)c2c1ncn2Cc1ccc(F)cc1F. The quantitative estimate of drug-likeness (QED) is 0.376. The molecule has 0 amide bonds. The van der Waals surface area contributed by atoms with E-state index in [1.165, 1.54) is 28.6 Å². The van der Waals surface area contributed by atoms with Crippen molar-refractivity contribution >= 4 is 11.2 Å². The first-order valence-corrected chi connectivity index (χ1v) is 10.8. The Bertz CT molecular complexity index is 1660. The van der Waals surface area contributed by atoms with Crippen LogP contribution in [0.2, 0.25) is 0 Å². The molecule has 0 bridgehead atoms. The summed E-state index contributed by atoms with van der Waals surface area (Å²) >= 11 is 0. The fraction of sp³-hybridized carbons (Fsp3) is 0.115. The minimum absolute atomic E-state index is 0.0275. The molecule has 0 N–H and O–H groups in total. The normalized spacial score (nSPS) is 11.2. The minimum Gasteiger partial charge on any atom is -0.495 e. The molecule has 5 rings (SSSR count). The van der Waals surface area contributed by atoms with Crippen LogP contribution in [-0.2, 0) is 13.1 Å². The third-order valence-corrected chi connectivity index (χ3v) is 5.77. The van der Waals surface area contributed by atoms with Crippen molar-refractivity contribution in [3.05, 3.63) is 123 Å². The van der Waals surface area contributed by atoms with E-state index in [1.54, 1.807) is 24.3 Å². The zero-order valence-electron chi connectivity index (χ0n) is 18.7. The molecule has 9 heteroatoms. The van der Waals surface area contributed by atoms with Crippen molar-refractivity contribution in [1.29, 1.82) is 0 Å². The molecule has 35 heavy (non-hydrogen) atoms. The lowest BCUT2D eigenvalue weighted by atomic mass is 10.2.